The minimum absolute atomic E-state index is 0.191. The predicted molar refractivity (Wildman–Crippen MR) is 67.9 cm³/mol. The third-order valence-corrected chi connectivity index (χ3v) is 2.89. The smallest absolute Gasteiger partial charge is 0.271 e. The first-order valence-electron chi connectivity index (χ1n) is 5.07. The van der Waals surface area contributed by atoms with Gasteiger partial charge in [0.15, 0.2) is 0 Å². The molecule has 4 nitrogen and oxygen atoms in total. The van der Waals surface area contributed by atoms with Crippen LogP contribution < -0.4 is 5.32 Å². The van der Waals surface area contributed by atoms with Crippen LogP contribution in [0.3, 0.4) is 0 Å². The van der Waals surface area contributed by atoms with Gasteiger partial charge in [-0.2, -0.15) is 0 Å². The Hall–Kier alpha value is -2.01. The predicted octanol–water partition coefficient (Wildman–Crippen LogP) is 2.12. The molecule has 0 saturated carbocycles. The van der Waals surface area contributed by atoms with Crippen LogP contribution in [-0.4, -0.2) is 22.4 Å². The van der Waals surface area contributed by atoms with Gasteiger partial charge >= 0.3 is 0 Å². The maximum Gasteiger partial charge on any atom is 0.271 e. The number of amides is 1. The Bertz CT molecular complexity index is 522. The van der Waals surface area contributed by atoms with Gasteiger partial charge < -0.3 is 5.32 Å². The molecule has 17 heavy (non-hydrogen) atoms. The van der Waals surface area contributed by atoms with E-state index in [2.05, 4.69) is 21.9 Å². The number of hydrogen-bond acceptors (Lipinski definition) is 4. The van der Waals surface area contributed by atoms with Crippen molar-refractivity contribution in [3.8, 4) is 10.7 Å². The van der Waals surface area contributed by atoms with Gasteiger partial charge in [-0.25, -0.2) is 4.98 Å². The van der Waals surface area contributed by atoms with Gasteiger partial charge in [0.25, 0.3) is 5.91 Å². The standard InChI is InChI=1S/C12H11N3OS/c1-2-6-14-11(16)10-8-17-12(15-10)9-5-3-4-7-13-9/h2-5,7-8H,1,6H2,(H,14,16). The summed E-state index contributed by atoms with van der Waals surface area (Å²) in [5, 5.41) is 5.15. The second-order valence-electron chi connectivity index (χ2n) is 3.25. The van der Waals surface area contributed by atoms with Crippen LogP contribution in [0.5, 0.6) is 0 Å². The number of rotatable bonds is 4. The van der Waals surface area contributed by atoms with Gasteiger partial charge in [0.1, 0.15) is 10.7 Å². The fourth-order valence-corrected chi connectivity index (χ4v) is 2.02. The average molecular weight is 245 g/mol. The van der Waals surface area contributed by atoms with Gasteiger partial charge in [-0.05, 0) is 12.1 Å². The summed E-state index contributed by atoms with van der Waals surface area (Å²) in [5.74, 6) is -0.191. The molecule has 1 N–H and O–H groups in total. The quantitative estimate of drug-likeness (QED) is 0.839. The summed E-state index contributed by atoms with van der Waals surface area (Å²) >= 11 is 1.40. The molecule has 0 bridgehead atoms. The first-order chi connectivity index (χ1) is 8.31. The van der Waals surface area contributed by atoms with E-state index in [-0.39, 0.29) is 5.91 Å². The zero-order valence-electron chi connectivity index (χ0n) is 9.09. The van der Waals surface area contributed by atoms with Gasteiger partial charge in [0.2, 0.25) is 0 Å². The lowest BCUT2D eigenvalue weighted by Crippen LogP contribution is -2.23. The molecule has 5 heteroatoms. The number of carbonyl (C=O) groups excluding carboxylic acids is 1. The molecule has 0 unspecified atom stereocenters. The van der Waals surface area contributed by atoms with Gasteiger partial charge in [-0.1, -0.05) is 12.1 Å². The summed E-state index contributed by atoms with van der Waals surface area (Å²) < 4.78 is 0. The highest BCUT2D eigenvalue weighted by molar-refractivity contribution is 7.13. The minimum Gasteiger partial charge on any atom is -0.347 e. The van der Waals surface area contributed by atoms with E-state index >= 15 is 0 Å². The summed E-state index contributed by atoms with van der Waals surface area (Å²) in [5.41, 5.74) is 1.19. The maximum atomic E-state index is 11.6. The van der Waals surface area contributed by atoms with Crippen molar-refractivity contribution in [1.29, 1.82) is 0 Å². The van der Waals surface area contributed by atoms with Crippen LogP contribution in [-0.2, 0) is 0 Å². The van der Waals surface area contributed by atoms with Crippen molar-refractivity contribution in [3.05, 3.63) is 48.1 Å². The molecule has 86 valence electrons. The molecule has 0 aliphatic carbocycles. The highest BCUT2D eigenvalue weighted by Crippen LogP contribution is 2.21. The Kier molecular flexibility index (Phi) is 3.62. The topological polar surface area (TPSA) is 54.9 Å². The van der Waals surface area contributed by atoms with Crippen molar-refractivity contribution in [2.75, 3.05) is 6.54 Å². The number of pyridine rings is 1. The molecule has 2 aromatic rings. The molecular formula is C12H11N3OS. The lowest BCUT2D eigenvalue weighted by atomic mass is 10.3. The Labute approximate surface area is 103 Å². The van der Waals surface area contributed by atoms with Crippen molar-refractivity contribution >= 4 is 17.2 Å². The molecule has 2 heterocycles. The van der Waals surface area contributed by atoms with Crippen LogP contribution >= 0.6 is 11.3 Å². The van der Waals surface area contributed by atoms with E-state index in [0.717, 1.165) is 10.7 Å². The van der Waals surface area contributed by atoms with Crippen molar-refractivity contribution in [1.82, 2.24) is 15.3 Å². The molecule has 0 saturated heterocycles. The van der Waals surface area contributed by atoms with Crippen molar-refractivity contribution in [3.63, 3.8) is 0 Å². The minimum atomic E-state index is -0.191. The van der Waals surface area contributed by atoms with E-state index in [4.69, 9.17) is 0 Å². The third kappa shape index (κ3) is 2.76. The Morgan fingerprint density at radius 1 is 1.53 bits per heavy atom. The van der Waals surface area contributed by atoms with Gasteiger partial charge in [-0.15, -0.1) is 17.9 Å². The first-order valence-corrected chi connectivity index (χ1v) is 5.95. The second kappa shape index (κ2) is 5.36. The zero-order valence-corrected chi connectivity index (χ0v) is 9.91. The fraction of sp³-hybridized carbons (Fsp3) is 0.0833. The number of aromatic nitrogens is 2. The molecule has 2 rings (SSSR count). The lowest BCUT2D eigenvalue weighted by molar-refractivity contribution is 0.0954. The largest absolute Gasteiger partial charge is 0.347 e. The lowest BCUT2D eigenvalue weighted by Gasteiger charge is -1.97. The highest BCUT2D eigenvalue weighted by Gasteiger charge is 2.11. The van der Waals surface area contributed by atoms with E-state index in [1.807, 2.05) is 18.2 Å². The molecule has 0 spiro atoms. The van der Waals surface area contributed by atoms with Crippen molar-refractivity contribution in [2.24, 2.45) is 0 Å². The monoisotopic (exact) mass is 245 g/mol. The number of carbonyl (C=O) groups is 1. The molecule has 1 amide bonds. The third-order valence-electron chi connectivity index (χ3n) is 2.03. The Morgan fingerprint density at radius 2 is 2.41 bits per heavy atom. The van der Waals surface area contributed by atoms with Crippen LogP contribution in [0, 0.1) is 0 Å². The first kappa shape index (κ1) is 11.5. The molecule has 0 fully saturated rings. The van der Waals surface area contributed by atoms with Gasteiger partial charge in [-0.3, -0.25) is 9.78 Å². The molecular weight excluding hydrogens is 234 g/mol. The van der Waals surface area contributed by atoms with Crippen LogP contribution in [0.2, 0.25) is 0 Å². The number of thiazole rings is 1. The summed E-state index contributed by atoms with van der Waals surface area (Å²) in [4.78, 5) is 20.0. The molecule has 0 aliphatic rings. The van der Waals surface area contributed by atoms with Gasteiger partial charge in [0, 0.05) is 18.1 Å². The SMILES string of the molecule is C=CCNC(=O)c1csc(-c2ccccn2)n1. The van der Waals surface area contributed by atoms with E-state index < -0.39 is 0 Å². The van der Waals surface area contributed by atoms with E-state index in [1.54, 1.807) is 17.7 Å². The number of nitrogens with one attached hydrogen (secondary N) is 1. The van der Waals surface area contributed by atoms with Crippen LogP contribution in [0.4, 0.5) is 0 Å². The van der Waals surface area contributed by atoms with Crippen LogP contribution in [0.1, 0.15) is 10.5 Å². The summed E-state index contributed by atoms with van der Waals surface area (Å²) in [7, 11) is 0. The zero-order chi connectivity index (χ0) is 12.1. The number of hydrogen-bond donors (Lipinski definition) is 1. The van der Waals surface area contributed by atoms with Crippen LogP contribution in [0.15, 0.2) is 42.4 Å². The Morgan fingerprint density at radius 3 is 3.12 bits per heavy atom. The molecule has 0 aromatic carbocycles. The second-order valence-corrected chi connectivity index (χ2v) is 4.11. The van der Waals surface area contributed by atoms with Gasteiger partial charge in [0.05, 0.1) is 5.69 Å². The highest BCUT2D eigenvalue weighted by atomic mass is 32.1. The summed E-state index contributed by atoms with van der Waals surface area (Å²) in [6.45, 7) is 3.98. The summed E-state index contributed by atoms with van der Waals surface area (Å²) in [6.07, 6.45) is 3.33. The maximum absolute atomic E-state index is 11.6. The number of nitrogens with zero attached hydrogens (tertiary/aromatic N) is 2. The molecule has 0 radical (unpaired) electrons. The summed E-state index contributed by atoms with van der Waals surface area (Å²) in [6, 6.07) is 5.60. The molecule has 0 atom stereocenters. The van der Waals surface area contributed by atoms with Crippen molar-refractivity contribution in [2.45, 2.75) is 0 Å². The molecule has 0 aliphatic heterocycles. The average Bonchev–Trinajstić information content (AvgIpc) is 2.86. The van der Waals surface area contributed by atoms with E-state index in [1.165, 1.54) is 11.3 Å². The fourth-order valence-electron chi connectivity index (χ4n) is 1.24. The molecule has 2 aromatic heterocycles. The Balaban J connectivity index is 2.16. The van der Waals surface area contributed by atoms with Crippen LogP contribution in [0.25, 0.3) is 10.7 Å². The van der Waals surface area contributed by atoms with E-state index in [9.17, 15) is 4.79 Å². The normalized spacial score (nSPS) is 9.88. The van der Waals surface area contributed by atoms with E-state index in [0.29, 0.717) is 12.2 Å². The van der Waals surface area contributed by atoms with Crippen molar-refractivity contribution < 1.29 is 4.79 Å².